The first kappa shape index (κ1) is 21.6. The van der Waals surface area contributed by atoms with Gasteiger partial charge in [-0.05, 0) is 49.7 Å². The van der Waals surface area contributed by atoms with Crippen molar-refractivity contribution in [1.29, 1.82) is 0 Å². The molecule has 1 N–H and O–H groups in total. The second-order valence-corrected chi connectivity index (χ2v) is 6.97. The van der Waals surface area contributed by atoms with Crippen LogP contribution < -0.4 is 5.32 Å². The Morgan fingerprint density at radius 1 is 1.13 bits per heavy atom. The number of nitrogens with zero attached hydrogens (tertiary/aromatic N) is 2. The Morgan fingerprint density at radius 2 is 1.87 bits per heavy atom. The van der Waals surface area contributed by atoms with E-state index in [0.717, 1.165) is 17.7 Å². The van der Waals surface area contributed by atoms with Gasteiger partial charge < -0.3 is 10.1 Å². The molecule has 0 aliphatic heterocycles. The van der Waals surface area contributed by atoms with E-state index in [0.29, 0.717) is 34.9 Å². The van der Waals surface area contributed by atoms with Gasteiger partial charge in [-0.25, -0.2) is 4.68 Å². The minimum absolute atomic E-state index is 0.0606. The summed E-state index contributed by atoms with van der Waals surface area (Å²) in [6.45, 7) is 3.91. The molecular weight excluding hydrogens is 395 g/mol. The van der Waals surface area contributed by atoms with Crippen LogP contribution in [0.5, 0.6) is 0 Å². The third-order valence-electron chi connectivity index (χ3n) is 4.72. The summed E-state index contributed by atoms with van der Waals surface area (Å²) < 4.78 is 45.6. The lowest BCUT2D eigenvalue weighted by Crippen LogP contribution is -2.15. The Morgan fingerprint density at radius 3 is 2.57 bits per heavy atom. The average molecular weight is 417 g/mol. The first-order chi connectivity index (χ1) is 14.2. The molecule has 0 aliphatic carbocycles. The second-order valence-electron chi connectivity index (χ2n) is 6.97. The fourth-order valence-electron chi connectivity index (χ4n) is 3.27. The number of anilines is 1. The Labute approximate surface area is 172 Å². The number of halogens is 3. The number of aromatic nitrogens is 2. The van der Waals surface area contributed by atoms with E-state index in [1.807, 2.05) is 18.2 Å². The van der Waals surface area contributed by atoms with Crippen molar-refractivity contribution in [2.45, 2.75) is 33.1 Å². The number of methoxy groups -OCH3 is 1. The molecule has 0 radical (unpaired) electrons. The van der Waals surface area contributed by atoms with E-state index in [2.05, 4.69) is 10.4 Å². The SMILES string of the molecule is COCc1cccc(NC(=O)Cc2c(C)nn(-c3cccc(C(F)(F)F)c3)c2C)c1. The molecule has 0 unspecified atom stereocenters. The molecule has 5 nitrogen and oxygen atoms in total. The summed E-state index contributed by atoms with van der Waals surface area (Å²) in [5, 5.41) is 7.20. The minimum atomic E-state index is -4.44. The van der Waals surface area contributed by atoms with Crippen molar-refractivity contribution in [3.63, 3.8) is 0 Å². The third kappa shape index (κ3) is 4.88. The van der Waals surface area contributed by atoms with Gasteiger partial charge in [-0.1, -0.05) is 18.2 Å². The normalized spacial score (nSPS) is 11.5. The maximum atomic E-state index is 13.0. The van der Waals surface area contributed by atoms with Crippen LogP contribution in [0, 0.1) is 13.8 Å². The van der Waals surface area contributed by atoms with Crippen LogP contribution in [0.15, 0.2) is 48.5 Å². The summed E-state index contributed by atoms with van der Waals surface area (Å²) in [5.74, 6) is -0.237. The van der Waals surface area contributed by atoms with Crippen LogP contribution in [0.2, 0.25) is 0 Å². The molecule has 30 heavy (non-hydrogen) atoms. The zero-order chi connectivity index (χ0) is 21.9. The lowest BCUT2D eigenvalue weighted by Gasteiger charge is -2.10. The Balaban J connectivity index is 1.81. The molecule has 0 fully saturated rings. The highest BCUT2D eigenvalue weighted by molar-refractivity contribution is 5.92. The number of benzene rings is 2. The van der Waals surface area contributed by atoms with Gasteiger partial charge in [-0.15, -0.1) is 0 Å². The van der Waals surface area contributed by atoms with Gasteiger partial charge in [-0.2, -0.15) is 18.3 Å². The number of hydrogen-bond donors (Lipinski definition) is 1. The summed E-state index contributed by atoms with van der Waals surface area (Å²) >= 11 is 0. The zero-order valence-corrected chi connectivity index (χ0v) is 16.9. The number of rotatable bonds is 6. The van der Waals surface area contributed by atoms with Crippen LogP contribution in [0.1, 0.15) is 28.1 Å². The quantitative estimate of drug-likeness (QED) is 0.625. The van der Waals surface area contributed by atoms with Crippen molar-refractivity contribution < 1.29 is 22.7 Å². The molecule has 3 rings (SSSR count). The average Bonchev–Trinajstić information content (AvgIpc) is 2.96. The molecule has 8 heteroatoms. The lowest BCUT2D eigenvalue weighted by molar-refractivity contribution is -0.137. The molecule has 1 amide bonds. The number of alkyl halides is 3. The van der Waals surface area contributed by atoms with Gasteiger partial charge in [0.1, 0.15) is 0 Å². The number of aryl methyl sites for hydroxylation is 1. The lowest BCUT2D eigenvalue weighted by atomic mass is 10.1. The topological polar surface area (TPSA) is 56.1 Å². The van der Waals surface area contributed by atoms with Crippen LogP contribution in [0.4, 0.5) is 18.9 Å². The fourth-order valence-corrected chi connectivity index (χ4v) is 3.27. The second kappa shape index (κ2) is 8.71. The van der Waals surface area contributed by atoms with Gasteiger partial charge in [0, 0.05) is 24.1 Å². The molecule has 1 heterocycles. The summed E-state index contributed by atoms with van der Waals surface area (Å²) in [5.41, 5.74) is 3.02. The molecule has 0 saturated heterocycles. The molecule has 0 bridgehead atoms. The smallest absolute Gasteiger partial charge is 0.380 e. The van der Waals surface area contributed by atoms with Crippen LogP contribution in [0.3, 0.4) is 0 Å². The standard InChI is InChI=1S/C22H22F3N3O2/c1-14-20(12-21(29)26-18-8-4-6-16(10-18)13-30-3)15(2)28(27-14)19-9-5-7-17(11-19)22(23,24)25/h4-11H,12-13H2,1-3H3,(H,26,29). The number of carbonyl (C=O) groups is 1. The first-order valence-corrected chi connectivity index (χ1v) is 9.29. The first-order valence-electron chi connectivity index (χ1n) is 9.29. The summed E-state index contributed by atoms with van der Waals surface area (Å²) in [7, 11) is 1.60. The number of ether oxygens (including phenoxy) is 1. The van der Waals surface area contributed by atoms with Gasteiger partial charge in [0.25, 0.3) is 0 Å². The molecular formula is C22H22F3N3O2. The minimum Gasteiger partial charge on any atom is -0.380 e. The largest absolute Gasteiger partial charge is 0.416 e. The molecule has 1 aromatic heterocycles. The summed E-state index contributed by atoms with van der Waals surface area (Å²) in [6, 6.07) is 12.3. The van der Waals surface area contributed by atoms with E-state index in [9.17, 15) is 18.0 Å². The van der Waals surface area contributed by atoms with E-state index < -0.39 is 11.7 Å². The van der Waals surface area contributed by atoms with Crippen LogP contribution >= 0.6 is 0 Å². The van der Waals surface area contributed by atoms with Crippen molar-refractivity contribution in [1.82, 2.24) is 9.78 Å². The highest BCUT2D eigenvalue weighted by Gasteiger charge is 2.30. The van der Waals surface area contributed by atoms with E-state index in [-0.39, 0.29) is 12.3 Å². The number of carbonyl (C=O) groups excluding carboxylic acids is 1. The number of hydrogen-bond acceptors (Lipinski definition) is 3. The van der Waals surface area contributed by atoms with Crippen LogP contribution in [0.25, 0.3) is 5.69 Å². The van der Waals surface area contributed by atoms with Gasteiger partial charge >= 0.3 is 6.18 Å². The third-order valence-corrected chi connectivity index (χ3v) is 4.72. The Hall–Kier alpha value is -3.13. The van der Waals surface area contributed by atoms with Gasteiger partial charge in [0.05, 0.1) is 30.0 Å². The summed E-state index contributed by atoms with van der Waals surface area (Å²) in [4.78, 5) is 12.6. The van der Waals surface area contributed by atoms with Crippen molar-refractivity contribution in [2.24, 2.45) is 0 Å². The number of amides is 1. The van der Waals surface area contributed by atoms with Crippen LogP contribution in [-0.4, -0.2) is 22.8 Å². The highest BCUT2D eigenvalue weighted by atomic mass is 19.4. The van der Waals surface area contributed by atoms with E-state index >= 15 is 0 Å². The monoisotopic (exact) mass is 417 g/mol. The molecule has 0 saturated carbocycles. The van der Waals surface area contributed by atoms with Gasteiger partial charge in [-0.3, -0.25) is 4.79 Å². The fraction of sp³-hybridized carbons (Fsp3) is 0.273. The predicted octanol–water partition coefficient (Wildman–Crippen LogP) is 4.84. The van der Waals surface area contributed by atoms with Crippen molar-refractivity contribution >= 4 is 11.6 Å². The van der Waals surface area contributed by atoms with E-state index in [1.54, 1.807) is 33.1 Å². The summed E-state index contributed by atoms with van der Waals surface area (Å²) in [6.07, 6.45) is -4.38. The molecule has 0 spiro atoms. The maximum absolute atomic E-state index is 13.0. The van der Waals surface area contributed by atoms with Crippen LogP contribution in [-0.2, 0) is 28.7 Å². The highest BCUT2D eigenvalue weighted by Crippen LogP contribution is 2.31. The Bertz CT molecular complexity index is 1060. The van der Waals surface area contributed by atoms with Gasteiger partial charge in [0.2, 0.25) is 5.91 Å². The van der Waals surface area contributed by atoms with E-state index in [4.69, 9.17) is 4.74 Å². The van der Waals surface area contributed by atoms with Gasteiger partial charge in [0.15, 0.2) is 0 Å². The van der Waals surface area contributed by atoms with Crippen molar-refractivity contribution in [2.75, 3.05) is 12.4 Å². The van der Waals surface area contributed by atoms with Crippen molar-refractivity contribution in [3.05, 3.63) is 76.6 Å². The maximum Gasteiger partial charge on any atom is 0.416 e. The molecule has 0 aliphatic rings. The predicted molar refractivity (Wildman–Crippen MR) is 108 cm³/mol. The molecule has 3 aromatic rings. The Kier molecular flexibility index (Phi) is 6.26. The van der Waals surface area contributed by atoms with E-state index in [1.165, 1.54) is 10.7 Å². The number of nitrogens with one attached hydrogen (secondary N) is 1. The molecule has 158 valence electrons. The van der Waals surface area contributed by atoms with Crippen molar-refractivity contribution in [3.8, 4) is 5.69 Å². The molecule has 2 aromatic carbocycles. The zero-order valence-electron chi connectivity index (χ0n) is 16.9. The molecule has 0 atom stereocenters.